The summed E-state index contributed by atoms with van der Waals surface area (Å²) in [6.45, 7) is 2.69. The predicted molar refractivity (Wildman–Crippen MR) is 97.7 cm³/mol. The molecular weight excluding hydrogens is 328 g/mol. The summed E-state index contributed by atoms with van der Waals surface area (Å²) in [5.74, 6) is 0.396. The van der Waals surface area contributed by atoms with Crippen LogP contribution in [0.15, 0.2) is 48.5 Å². The molecule has 24 heavy (non-hydrogen) atoms. The highest BCUT2D eigenvalue weighted by atomic mass is 35.5. The summed E-state index contributed by atoms with van der Waals surface area (Å²) in [5.41, 5.74) is 8.63. The normalized spacial score (nSPS) is 11.3. The Hall–Kier alpha value is -2.08. The average Bonchev–Trinajstić information content (AvgIpc) is 2.53. The second-order valence-electron chi connectivity index (χ2n) is 5.36. The molecule has 130 valence electrons. The number of amides is 1. The maximum absolute atomic E-state index is 11.9. The zero-order chi connectivity index (χ0) is 16.7. The Labute approximate surface area is 148 Å². The number of carbonyl (C=O) groups excluding carboxylic acids is 1. The van der Waals surface area contributed by atoms with E-state index < -0.39 is 6.04 Å². The highest BCUT2D eigenvalue weighted by Gasteiger charge is 2.13. The third-order valence-corrected chi connectivity index (χ3v) is 3.27. The number of anilines is 1. The fourth-order valence-electron chi connectivity index (χ4n) is 2.12. The molecule has 1 atom stereocenters. The van der Waals surface area contributed by atoms with Gasteiger partial charge in [0.05, 0.1) is 6.61 Å². The van der Waals surface area contributed by atoms with Crippen molar-refractivity contribution in [3.8, 4) is 5.75 Å². The van der Waals surface area contributed by atoms with Crippen LogP contribution in [0.1, 0.15) is 11.1 Å². The zero-order valence-electron chi connectivity index (χ0n) is 13.8. The quantitative estimate of drug-likeness (QED) is 0.805. The van der Waals surface area contributed by atoms with Crippen molar-refractivity contribution in [3.63, 3.8) is 0 Å². The van der Waals surface area contributed by atoms with Crippen molar-refractivity contribution in [3.05, 3.63) is 59.7 Å². The summed E-state index contributed by atoms with van der Waals surface area (Å²) >= 11 is 0. The minimum Gasteiger partial charge on any atom is -0.489 e. The Morgan fingerprint density at radius 2 is 1.96 bits per heavy atom. The third kappa shape index (κ3) is 6.20. The van der Waals surface area contributed by atoms with Gasteiger partial charge in [-0.15, -0.1) is 12.4 Å². The Bertz CT molecular complexity index is 664. The molecule has 0 heterocycles. The number of methoxy groups -OCH3 is 1. The number of nitrogens with two attached hydrogens (primary N) is 1. The monoisotopic (exact) mass is 350 g/mol. The molecule has 0 saturated carbocycles. The molecule has 1 amide bonds. The van der Waals surface area contributed by atoms with Crippen LogP contribution in [0.2, 0.25) is 0 Å². The van der Waals surface area contributed by atoms with Crippen LogP contribution in [0, 0.1) is 6.92 Å². The van der Waals surface area contributed by atoms with E-state index in [1.54, 1.807) is 12.1 Å². The summed E-state index contributed by atoms with van der Waals surface area (Å²) in [4.78, 5) is 11.9. The van der Waals surface area contributed by atoms with E-state index in [2.05, 4.69) is 11.4 Å². The molecule has 0 radical (unpaired) electrons. The largest absolute Gasteiger partial charge is 0.489 e. The van der Waals surface area contributed by atoms with Crippen LogP contribution in [0.3, 0.4) is 0 Å². The Morgan fingerprint density at radius 1 is 1.21 bits per heavy atom. The van der Waals surface area contributed by atoms with Crippen LogP contribution in [0.4, 0.5) is 5.69 Å². The van der Waals surface area contributed by atoms with Gasteiger partial charge in [0, 0.05) is 18.9 Å². The van der Waals surface area contributed by atoms with Gasteiger partial charge in [-0.2, -0.15) is 0 Å². The van der Waals surface area contributed by atoms with E-state index >= 15 is 0 Å². The highest BCUT2D eigenvalue weighted by molar-refractivity contribution is 5.94. The van der Waals surface area contributed by atoms with E-state index in [0.29, 0.717) is 18.0 Å². The van der Waals surface area contributed by atoms with E-state index in [0.717, 1.165) is 5.56 Å². The summed E-state index contributed by atoms with van der Waals surface area (Å²) in [7, 11) is 1.51. The van der Waals surface area contributed by atoms with Crippen molar-refractivity contribution < 1.29 is 14.3 Å². The standard InChI is InChI=1S/C18H22N2O3.ClH/c1-13-5-3-6-14(9-13)11-23-16-8-4-7-15(10-16)20-18(21)17(19)12-22-2;/h3-10,17H,11-12,19H2,1-2H3,(H,20,21);1H. The zero-order valence-corrected chi connectivity index (χ0v) is 14.6. The second-order valence-corrected chi connectivity index (χ2v) is 5.36. The molecule has 1 unspecified atom stereocenters. The molecule has 0 spiro atoms. The first-order chi connectivity index (χ1) is 11.1. The van der Waals surface area contributed by atoms with Crippen molar-refractivity contribution in [2.75, 3.05) is 19.0 Å². The van der Waals surface area contributed by atoms with E-state index in [4.69, 9.17) is 15.2 Å². The van der Waals surface area contributed by atoms with Gasteiger partial charge in [0.15, 0.2) is 0 Å². The van der Waals surface area contributed by atoms with Crippen molar-refractivity contribution in [2.45, 2.75) is 19.6 Å². The molecule has 0 aromatic heterocycles. The van der Waals surface area contributed by atoms with Crippen LogP contribution < -0.4 is 15.8 Å². The first kappa shape index (κ1) is 20.0. The molecule has 6 heteroatoms. The number of halogens is 1. The number of benzene rings is 2. The number of nitrogens with one attached hydrogen (secondary N) is 1. The van der Waals surface area contributed by atoms with Gasteiger partial charge in [-0.1, -0.05) is 35.9 Å². The van der Waals surface area contributed by atoms with Gasteiger partial charge < -0.3 is 20.5 Å². The fraction of sp³-hybridized carbons (Fsp3) is 0.278. The van der Waals surface area contributed by atoms with Crippen molar-refractivity contribution in [1.82, 2.24) is 0 Å². The number of aryl methyl sites for hydroxylation is 1. The molecule has 0 aliphatic rings. The number of carbonyl (C=O) groups is 1. The first-order valence-electron chi connectivity index (χ1n) is 7.42. The third-order valence-electron chi connectivity index (χ3n) is 3.27. The molecule has 0 saturated heterocycles. The molecule has 2 rings (SSSR count). The second kappa shape index (κ2) is 9.93. The SMILES string of the molecule is COCC(N)C(=O)Nc1cccc(OCc2cccc(C)c2)c1.Cl. The van der Waals surface area contributed by atoms with Gasteiger partial charge in [-0.3, -0.25) is 4.79 Å². The molecule has 0 fully saturated rings. The summed E-state index contributed by atoms with van der Waals surface area (Å²) in [6.07, 6.45) is 0. The van der Waals surface area contributed by atoms with Gasteiger partial charge in [-0.05, 0) is 24.6 Å². The lowest BCUT2D eigenvalue weighted by Crippen LogP contribution is -2.39. The smallest absolute Gasteiger partial charge is 0.243 e. The Morgan fingerprint density at radius 3 is 2.67 bits per heavy atom. The van der Waals surface area contributed by atoms with E-state index in [9.17, 15) is 4.79 Å². The lowest BCUT2D eigenvalue weighted by molar-refractivity contribution is -0.118. The fourth-order valence-corrected chi connectivity index (χ4v) is 2.12. The van der Waals surface area contributed by atoms with E-state index in [1.165, 1.54) is 12.7 Å². The van der Waals surface area contributed by atoms with Crippen LogP contribution in [-0.2, 0) is 16.1 Å². The van der Waals surface area contributed by atoms with Crippen molar-refractivity contribution >= 4 is 24.0 Å². The molecule has 0 bridgehead atoms. The van der Waals surface area contributed by atoms with Crippen molar-refractivity contribution in [1.29, 1.82) is 0 Å². The van der Waals surface area contributed by atoms with Gasteiger partial charge >= 0.3 is 0 Å². The average molecular weight is 351 g/mol. The molecule has 0 aliphatic carbocycles. The van der Waals surface area contributed by atoms with Gasteiger partial charge in [0.1, 0.15) is 18.4 Å². The van der Waals surface area contributed by atoms with Crippen LogP contribution in [0.5, 0.6) is 5.75 Å². The lowest BCUT2D eigenvalue weighted by atomic mass is 10.1. The Kier molecular flexibility index (Phi) is 8.26. The van der Waals surface area contributed by atoms with Crippen LogP contribution in [0.25, 0.3) is 0 Å². The van der Waals surface area contributed by atoms with Gasteiger partial charge in [0.2, 0.25) is 5.91 Å². The van der Waals surface area contributed by atoms with Crippen LogP contribution in [-0.4, -0.2) is 25.7 Å². The van der Waals surface area contributed by atoms with E-state index in [1.807, 2.05) is 37.3 Å². The summed E-state index contributed by atoms with van der Waals surface area (Å²) in [6, 6.07) is 14.7. The minimum atomic E-state index is -0.697. The lowest BCUT2D eigenvalue weighted by Gasteiger charge is -2.12. The first-order valence-corrected chi connectivity index (χ1v) is 7.42. The number of rotatable bonds is 7. The molecule has 2 aromatic rings. The maximum atomic E-state index is 11.9. The summed E-state index contributed by atoms with van der Waals surface area (Å²) in [5, 5.41) is 2.75. The van der Waals surface area contributed by atoms with Gasteiger partial charge in [0.25, 0.3) is 0 Å². The number of hydrogen-bond acceptors (Lipinski definition) is 4. The predicted octanol–water partition coefficient (Wildman–Crippen LogP) is 2.91. The summed E-state index contributed by atoms with van der Waals surface area (Å²) < 4.78 is 10.6. The van der Waals surface area contributed by atoms with Crippen LogP contribution >= 0.6 is 12.4 Å². The number of hydrogen-bond donors (Lipinski definition) is 2. The highest BCUT2D eigenvalue weighted by Crippen LogP contribution is 2.19. The Balaban J connectivity index is 0.00000288. The molecule has 3 N–H and O–H groups in total. The maximum Gasteiger partial charge on any atom is 0.243 e. The molecule has 0 aliphatic heterocycles. The van der Waals surface area contributed by atoms with Crippen molar-refractivity contribution in [2.24, 2.45) is 5.73 Å². The molecule has 2 aromatic carbocycles. The minimum absolute atomic E-state index is 0. The van der Waals surface area contributed by atoms with Gasteiger partial charge in [-0.25, -0.2) is 0 Å². The molecule has 5 nitrogen and oxygen atoms in total. The molecular formula is C18H23ClN2O3. The topological polar surface area (TPSA) is 73.6 Å². The van der Waals surface area contributed by atoms with E-state index in [-0.39, 0.29) is 24.9 Å². The number of ether oxygens (including phenoxy) is 2.